The summed E-state index contributed by atoms with van der Waals surface area (Å²) < 4.78 is 6.20. The molecule has 4 rings (SSSR count). The molecule has 2 fully saturated rings. The molecule has 126 valence electrons. The normalized spacial score (nSPS) is 22.6. The van der Waals surface area contributed by atoms with Gasteiger partial charge in [0.2, 0.25) is 0 Å². The van der Waals surface area contributed by atoms with Gasteiger partial charge in [-0.05, 0) is 69.0 Å². The van der Waals surface area contributed by atoms with E-state index in [1.807, 2.05) is 24.3 Å². The molecule has 2 N–H and O–H groups in total. The molecular formula is C19H24N4O. The van der Waals surface area contributed by atoms with Crippen molar-refractivity contribution >= 4 is 11.6 Å². The van der Waals surface area contributed by atoms with Crippen molar-refractivity contribution in [2.45, 2.75) is 31.3 Å². The van der Waals surface area contributed by atoms with E-state index in [-0.39, 0.29) is 5.60 Å². The second kappa shape index (κ2) is 6.87. The monoisotopic (exact) mass is 324 g/mol. The number of nitrogens with one attached hydrogen (secondary N) is 2. The van der Waals surface area contributed by atoms with E-state index in [1.54, 1.807) is 6.20 Å². The van der Waals surface area contributed by atoms with Crippen LogP contribution < -0.4 is 10.6 Å². The van der Waals surface area contributed by atoms with Crippen molar-refractivity contribution < 1.29 is 4.74 Å². The fourth-order valence-electron chi connectivity index (χ4n) is 3.83. The van der Waals surface area contributed by atoms with Gasteiger partial charge in [0.1, 0.15) is 11.6 Å². The Morgan fingerprint density at radius 3 is 2.83 bits per heavy atom. The minimum Gasteiger partial charge on any atom is -0.375 e. The number of nitrogens with zero attached hydrogens (tertiary/aromatic N) is 2. The largest absolute Gasteiger partial charge is 0.375 e. The lowest BCUT2D eigenvalue weighted by Crippen LogP contribution is -2.41. The molecule has 0 saturated carbocycles. The zero-order valence-electron chi connectivity index (χ0n) is 13.9. The Balaban J connectivity index is 1.39. The average molecular weight is 324 g/mol. The van der Waals surface area contributed by atoms with Gasteiger partial charge in [0.05, 0.1) is 12.2 Å². The molecule has 2 aliphatic heterocycles. The number of ether oxygens (including phenoxy) is 1. The van der Waals surface area contributed by atoms with Crippen LogP contribution in [-0.4, -0.2) is 35.3 Å². The van der Waals surface area contributed by atoms with Gasteiger partial charge in [-0.25, -0.2) is 9.97 Å². The van der Waals surface area contributed by atoms with Gasteiger partial charge in [0, 0.05) is 11.9 Å². The first-order chi connectivity index (χ1) is 11.8. The molecule has 2 aromatic heterocycles. The van der Waals surface area contributed by atoms with Crippen molar-refractivity contribution in [2.75, 3.05) is 25.0 Å². The number of hydrogen-bond acceptors (Lipinski definition) is 5. The predicted molar refractivity (Wildman–Crippen MR) is 94.4 cm³/mol. The first-order valence-corrected chi connectivity index (χ1v) is 8.80. The molecule has 0 aliphatic carbocycles. The third-order valence-electron chi connectivity index (χ3n) is 5.03. The third-order valence-corrected chi connectivity index (χ3v) is 5.03. The Morgan fingerprint density at radius 1 is 1.12 bits per heavy atom. The highest BCUT2D eigenvalue weighted by Gasteiger charge is 2.40. The van der Waals surface area contributed by atoms with E-state index < -0.39 is 0 Å². The summed E-state index contributed by atoms with van der Waals surface area (Å²) in [4.78, 5) is 9.03. The van der Waals surface area contributed by atoms with Crippen LogP contribution in [0.5, 0.6) is 0 Å². The van der Waals surface area contributed by atoms with Crippen LogP contribution in [0.2, 0.25) is 0 Å². The maximum atomic E-state index is 6.20. The van der Waals surface area contributed by atoms with Crippen LogP contribution in [0.3, 0.4) is 0 Å². The van der Waals surface area contributed by atoms with Crippen LogP contribution in [0.15, 0.2) is 42.6 Å². The number of anilines is 2. The maximum Gasteiger partial charge on any atom is 0.131 e. The summed E-state index contributed by atoms with van der Waals surface area (Å²) >= 11 is 0. The van der Waals surface area contributed by atoms with Crippen molar-refractivity contribution in [1.82, 2.24) is 15.3 Å². The highest BCUT2D eigenvalue weighted by atomic mass is 16.5. The Hall–Kier alpha value is -1.98. The van der Waals surface area contributed by atoms with Gasteiger partial charge in [0.15, 0.2) is 0 Å². The van der Waals surface area contributed by atoms with E-state index >= 15 is 0 Å². The molecule has 1 spiro atoms. The number of hydrogen-bond donors (Lipinski definition) is 2. The zero-order valence-corrected chi connectivity index (χ0v) is 13.9. The van der Waals surface area contributed by atoms with E-state index in [2.05, 4.69) is 27.8 Å². The standard InChI is InChI=1S/C19H24N4O/c1-2-9-21-17(5-1)23-18-6-3-4-16(22-18)12-15-13-19(24-14-15)7-10-20-11-8-19/h1-6,9,15,20H,7-8,10-14H2,(H,21,22,23)/t15-/m1/s1. The molecule has 5 heteroatoms. The fourth-order valence-corrected chi connectivity index (χ4v) is 3.83. The summed E-state index contributed by atoms with van der Waals surface area (Å²) in [6.07, 6.45) is 6.19. The Bertz CT molecular complexity index is 670. The minimum absolute atomic E-state index is 0.125. The van der Waals surface area contributed by atoms with Crippen molar-refractivity contribution in [3.8, 4) is 0 Å². The molecule has 2 saturated heterocycles. The molecule has 1 atom stereocenters. The van der Waals surface area contributed by atoms with Crippen LogP contribution in [0.25, 0.3) is 0 Å². The molecular weight excluding hydrogens is 300 g/mol. The molecule has 0 radical (unpaired) electrons. The van der Waals surface area contributed by atoms with Gasteiger partial charge in [0.25, 0.3) is 0 Å². The van der Waals surface area contributed by atoms with Crippen LogP contribution in [0.1, 0.15) is 25.0 Å². The van der Waals surface area contributed by atoms with Crippen LogP contribution in [0, 0.1) is 5.92 Å². The first kappa shape index (κ1) is 15.5. The molecule has 0 unspecified atom stereocenters. The first-order valence-electron chi connectivity index (χ1n) is 8.80. The summed E-state index contributed by atoms with van der Waals surface area (Å²) in [6, 6.07) is 12.0. The van der Waals surface area contributed by atoms with Gasteiger partial charge in [-0.2, -0.15) is 0 Å². The average Bonchev–Trinajstić information content (AvgIpc) is 2.99. The lowest BCUT2D eigenvalue weighted by Gasteiger charge is -2.33. The summed E-state index contributed by atoms with van der Waals surface area (Å²) in [7, 11) is 0. The van der Waals surface area contributed by atoms with E-state index in [1.165, 1.54) is 0 Å². The summed E-state index contributed by atoms with van der Waals surface area (Å²) in [6.45, 7) is 3.02. The number of piperidine rings is 1. The van der Waals surface area contributed by atoms with E-state index in [9.17, 15) is 0 Å². The molecule has 5 nitrogen and oxygen atoms in total. The van der Waals surface area contributed by atoms with Gasteiger partial charge < -0.3 is 15.4 Å². The van der Waals surface area contributed by atoms with Crippen molar-refractivity contribution in [3.05, 3.63) is 48.3 Å². The van der Waals surface area contributed by atoms with Crippen molar-refractivity contribution in [1.29, 1.82) is 0 Å². The fraction of sp³-hybridized carbons (Fsp3) is 0.474. The van der Waals surface area contributed by atoms with Gasteiger partial charge in [-0.15, -0.1) is 0 Å². The predicted octanol–water partition coefficient (Wildman–Crippen LogP) is 2.92. The van der Waals surface area contributed by atoms with Crippen molar-refractivity contribution in [3.63, 3.8) is 0 Å². The van der Waals surface area contributed by atoms with Crippen LogP contribution in [0.4, 0.5) is 11.6 Å². The van der Waals surface area contributed by atoms with E-state index in [4.69, 9.17) is 9.72 Å². The van der Waals surface area contributed by atoms with E-state index in [0.717, 1.165) is 62.7 Å². The van der Waals surface area contributed by atoms with Gasteiger partial charge >= 0.3 is 0 Å². The Morgan fingerprint density at radius 2 is 2.00 bits per heavy atom. The molecule has 0 bridgehead atoms. The molecule has 24 heavy (non-hydrogen) atoms. The maximum absolute atomic E-state index is 6.20. The number of aromatic nitrogens is 2. The van der Waals surface area contributed by atoms with Crippen LogP contribution in [-0.2, 0) is 11.2 Å². The lowest BCUT2D eigenvalue weighted by molar-refractivity contribution is -0.0196. The lowest BCUT2D eigenvalue weighted by atomic mass is 9.85. The minimum atomic E-state index is 0.125. The SMILES string of the molecule is c1ccc(Nc2cccc(C[C@H]3COC4(CCNCC4)C3)n2)nc1. The molecule has 0 amide bonds. The molecule has 2 aromatic rings. The highest BCUT2D eigenvalue weighted by Crippen LogP contribution is 2.38. The molecule has 2 aliphatic rings. The number of pyridine rings is 2. The Labute approximate surface area is 142 Å². The second-order valence-electron chi connectivity index (χ2n) is 6.87. The molecule has 0 aromatic carbocycles. The Kier molecular flexibility index (Phi) is 4.45. The topological polar surface area (TPSA) is 59.1 Å². The van der Waals surface area contributed by atoms with Gasteiger partial charge in [-0.1, -0.05) is 12.1 Å². The van der Waals surface area contributed by atoms with Gasteiger partial charge in [-0.3, -0.25) is 0 Å². The van der Waals surface area contributed by atoms with Crippen LogP contribution >= 0.6 is 0 Å². The summed E-state index contributed by atoms with van der Waals surface area (Å²) in [5.74, 6) is 2.24. The zero-order chi connectivity index (χ0) is 16.2. The highest BCUT2D eigenvalue weighted by molar-refractivity contribution is 5.51. The summed E-state index contributed by atoms with van der Waals surface area (Å²) in [5, 5.41) is 6.69. The number of rotatable bonds is 4. The van der Waals surface area contributed by atoms with Crippen molar-refractivity contribution in [2.24, 2.45) is 5.92 Å². The van der Waals surface area contributed by atoms with E-state index in [0.29, 0.717) is 5.92 Å². The quantitative estimate of drug-likeness (QED) is 0.905. The second-order valence-corrected chi connectivity index (χ2v) is 6.87. The molecule has 4 heterocycles. The smallest absolute Gasteiger partial charge is 0.131 e. The summed E-state index contributed by atoms with van der Waals surface area (Å²) in [5.41, 5.74) is 1.25. The third kappa shape index (κ3) is 3.57.